The SMILES string of the molecule is CC(=O)c1cc(F)c(C)cc1N1CCC(C)C1CO. The number of carbonyl (C=O) groups excluding carboxylic acids is 1. The Bertz CT molecular complexity index is 501. The van der Waals surface area contributed by atoms with E-state index in [1.165, 1.54) is 13.0 Å². The Morgan fingerprint density at radius 2 is 2.21 bits per heavy atom. The minimum Gasteiger partial charge on any atom is -0.394 e. The van der Waals surface area contributed by atoms with Crippen molar-refractivity contribution in [1.29, 1.82) is 0 Å². The molecule has 1 saturated heterocycles. The van der Waals surface area contributed by atoms with Crippen molar-refractivity contribution in [2.24, 2.45) is 5.92 Å². The third kappa shape index (κ3) is 2.50. The standard InChI is InChI=1S/C15H20FNO2/c1-9-4-5-17(15(9)8-18)14-6-10(2)13(16)7-12(14)11(3)19/h6-7,9,15,18H,4-5,8H2,1-3H3. The van der Waals surface area contributed by atoms with Crippen LogP contribution in [-0.2, 0) is 0 Å². The molecule has 1 N–H and O–H groups in total. The molecule has 1 aromatic rings. The highest BCUT2D eigenvalue weighted by molar-refractivity contribution is 6.00. The second-order valence-corrected chi connectivity index (χ2v) is 5.38. The van der Waals surface area contributed by atoms with Crippen LogP contribution in [0.5, 0.6) is 0 Å². The molecule has 1 aromatic carbocycles. The molecule has 0 aliphatic carbocycles. The molecule has 0 amide bonds. The van der Waals surface area contributed by atoms with E-state index in [-0.39, 0.29) is 24.2 Å². The highest BCUT2D eigenvalue weighted by Crippen LogP contribution is 2.33. The summed E-state index contributed by atoms with van der Waals surface area (Å²) < 4.78 is 13.6. The molecule has 2 atom stereocenters. The summed E-state index contributed by atoms with van der Waals surface area (Å²) in [7, 11) is 0. The van der Waals surface area contributed by atoms with Gasteiger partial charge in [0.15, 0.2) is 5.78 Å². The van der Waals surface area contributed by atoms with Crippen molar-refractivity contribution in [2.75, 3.05) is 18.1 Å². The lowest BCUT2D eigenvalue weighted by atomic mass is 10.0. The minimum atomic E-state index is -0.359. The van der Waals surface area contributed by atoms with E-state index in [9.17, 15) is 14.3 Å². The van der Waals surface area contributed by atoms with Gasteiger partial charge in [-0.1, -0.05) is 6.92 Å². The minimum absolute atomic E-state index is 0.00274. The Hall–Kier alpha value is -1.42. The van der Waals surface area contributed by atoms with Crippen LogP contribution >= 0.6 is 0 Å². The van der Waals surface area contributed by atoms with Crippen LogP contribution in [0.25, 0.3) is 0 Å². The number of hydrogen-bond acceptors (Lipinski definition) is 3. The van der Waals surface area contributed by atoms with E-state index in [0.717, 1.165) is 18.7 Å². The van der Waals surface area contributed by atoms with Crippen LogP contribution in [-0.4, -0.2) is 30.1 Å². The zero-order valence-electron chi connectivity index (χ0n) is 11.6. The van der Waals surface area contributed by atoms with Gasteiger partial charge in [-0.2, -0.15) is 0 Å². The highest BCUT2D eigenvalue weighted by Gasteiger charge is 2.32. The number of nitrogens with zero attached hydrogens (tertiary/aromatic N) is 1. The maximum absolute atomic E-state index is 13.6. The van der Waals surface area contributed by atoms with Gasteiger partial charge in [-0.3, -0.25) is 4.79 Å². The van der Waals surface area contributed by atoms with Gasteiger partial charge in [0.1, 0.15) is 5.82 Å². The van der Waals surface area contributed by atoms with Crippen molar-refractivity contribution in [3.05, 3.63) is 29.1 Å². The van der Waals surface area contributed by atoms with Gasteiger partial charge < -0.3 is 10.0 Å². The number of carbonyl (C=O) groups is 1. The zero-order valence-corrected chi connectivity index (χ0v) is 11.6. The third-order valence-electron chi connectivity index (χ3n) is 4.04. The summed E-state index contributed by atoms with van der Waals surface area (Å²) in [4.78, 5) is 13.7. The largest absolute Gasteiger partial charge is 0.394 e. The van der Waals surface area contributed by atoms with Gasteiger partial charge in [0.2, 0.25) is 0 Å². The van der Waals surface area contributed by atoms with E-state index in [4.69, 9.17) is 0 Å². The summed E-state index contributed by atoms with van der Waals surface area (Å²) in [5, 5.41) is 9.52. The lowest BCUT2D eigenvalue weighted by Gasteiger charge is -2.29. The normalized spacial score (nSPS) is 22.9. The molecule has 2 unspecified atom stereocenters. The van der Waals surface area contributed by atoms with Crippen molar-refractivity contribution in [2.45, 2.75) is 33.2 Å². The summed E-state index contributed by atoms with van der Waals surface area (Å²) in [6.07, 6.45) is 0.971. The number of anilines is 1. The van der Waals surface area contributed by atoms with E-state index in [1.807, 2.05) is 4.90 Å². The fraction of sp³-hybridized carbons (Fsp3) is 0.533. The number of rotatable bonds is 3. The van der Waals surface area contributed by atoms with Crippen LogP contribution in [0, 0.1) is 18.7 Å². The molecule has 0 saturated carbocycles. The number of aryl methyl sites for hydroxylation is 1. The van der Waals surface area contributed by atoms with Gasteiger partial charge in [-0.15, -0.1) is 0 Å². The lowest BCUT2D eigenvalue weighted by Crippen LogP contribution is -2.36. The van der Waals surface area contributed by atoms with E-state index >= 15 is 0 Å². The summed E-state index contributed by atoms with van der Waals surface area (Å²) in [5.41, 5.74) is 1.67. The number of benzene rings is 1. The van der Waals surface area contributed by atoms with Gasteiger partial charge in [0, 0.05) is 17.8 Å². The van der Waals surface area contributed by atoms with Gasteiger partial charge in [0.05, 0.1) is 12.6 Å². The van der Waals surface area contributed by atoms with Crippen LogP contribution in [0.15, 0.2) is 12.1 Å². The fourth-order valence-corrected chi connectivity index (χ4v) is 2.77. The molecule has 104 valence electrons. The van der Waals surface area contributed by atoms with Crippen LogP contribution in [0.1, 0.15) is 36.2 Å². The highest BCUT2D eigenvalue weighted by atomic mass is 19.1. The molecule has 19 heavy (non-hydrogen) atoms. The smallest absolute Gasteiger partial charge is 0.161 e. The molecule has 0 spiro atoms. The monoisotopic (exact) mass is 265 g/mol. The number of halogens is 1. The molecule has 1 aliphatic heterocycles. The molecule has 0 radical (unpaired) electrons. The van der Waals surface area contributed by atoms with E-state index in [1.54, 1.807) is 13.0 Å². The predicted octanol–water partition coefficient (Wildman–Crippen LogP) is 2.54. The van der Waals surface area contributed by atoms with Gasteiger partial charge in [0.25, 0.3) is 0 Å². The maximum Gasteiger partial charge on any atom is 0.161 e. The fourth-order valence-electron chi connectivity index (χ4n) is 2.77. The zero-order chi connectivity index (χ0) is 14.2. The summed E-state index contributed by atoms with van der Waals surface area (Å²) in [6, 6.07) is 3.03. The first-order chi connectivity index (χ1) is 8.95. The molecular weight excluding hydrogens is 245 g/mol. The average Bonchev–Trinajstić information content (AvgIpc) is 2.72. The molecule has 1 aliphatic rings. The van der Waals surface area contributed by atoms with Crippen LogP contribution in [0.4, 0.5) is 10.1 Å². The van der Waals surface area contributed by atoms with Gasteiger partial charge in [-0.05, 0) is 43.9 Å². The number of hydrogen-bond donors (Lipinski definition) is 1. The summed E-state index contributed by atoms with van der Waals surface area (Å²) >= 11 is 0. The summed E-state index contributed by atoms with van der Waals surface area (Å²) in [5.74, 6) is -0.137. The first-order valence-electron chi connectivity index (χ1n) is 6.64. The number of ketones is 1. The lowest BCUT2D eigenvalue weighted by molar-refractivity contribution is 0.101. The van der Waals surface area contributed by atoms with Crippen molar-refractivity contribution in [3.8, 4) is 0 Å². The van der Waals surface area contributed by atoms with Crippen LogP contribution in [0.3, 0.4) is 0 Å². The quantitative estimate of drug-likeness (QED) is 0.854. The second-order valence-electron chi connectivity index (χ2n) is 5.38. The Morgan fingerprint density at radius 1 is 1.53 bits per heavy atom. The van der Waals surface area contributed by atoms with Crippen molar-refractivity contribution >= 4 is 11.5 Å². The van der Waals surface area contributed by atoms with Crippen molar-refractivity contribution in [1.82, 2.24) is 0 Å². The Balaban J connectivity index is 2.49. The Labute approximate surface area is 113 Å². The van der Waals surface area contributed by atoms with Gasteiger partial charge in [-0.25, -0.2) is 4.39 Å². The van der Waals surface area contributed by atoms with Crippen molar-refractivity contribution < 1.29 is 14.3 Å². The van der Waals surface area contributed by atoms with Crippen molar-refractivity contribution in [3.63, 3.8) is 0 Å². The van der Waals surface area contributed by atoms with Gasteiger partial charge >= 0.3 is 0 Å². The molecule has 3 nitrogen and oxygen atoms in total. The second kappa shape index (κ2) is 5.29. The molecular formula is C15H20FNO2. The molecule has 2 rings (SSSR count). The molecule has 1 heterocycles. The number of Topliss-reactive ketones (excluding diaryl/α,β-unsaturated/α-hetero) is 1. The van der Waals surface area contributed by atoms with E-state index in [2.05, 4.69) is 6.92 Å². The molecule has 0 aromatic heterocycles. The number of aliphatic hydroxyl groups excluding tert-OH is 1. The van der Waals surface area contributed by atoms with E-state index in [0.29, 0.717) is 17.0 Å². The Morgan fingerprint density at radius 3 is 2.79 bits per heavy atom. The predicted molar refractivity (Wildman–Crippen MR) is 73.1 cm³/mol. The third-order valence-corrected chi connectivity index (χ3v) is 4.04. The molecule has 1 fully saturated rings. The number of aliphatic hydroxyl groups is 1. The topological polar surface area (TPSA) is 40.5 Å². The van der Waals surface area contributed by atoms with E-state index < -0.39 is 0 Å². The summed E-state index contributed by atoms with van der Waals surface area (Å²) in [6.45, 7) is 6.06. The molecule has 4 heteroatoms. The van der Waals surface area contributed by atoms with Crippen LogP contribution < -0.4 is 4.90 Å². The first kappa shape index (κ1) is 14.0. The maximum atomic E-state index is 13.6. The van der Waals surface area contributed by atoms with Crippen LogP contribution in [0.2, 0.25) is 0 Å². The average molecular weight is 265 g/mol. The Kier molecular flexibility index (Phi) is 3.90. The first-order valence-corrected chi connectivity index (χ1v) is 6.64. The molecule has 0 bridgehead atoms.